The number of fused-ring (bicyclic) bond motifs is 2. The molecule has 35 heavy (non-hydrogen) atoms. The molecule has 3 aromatic heterocycles. The van der Waals surface area contributed by atoms with E-state index in [1.54, 1.807) is 12.4 Å². The predicted molar refractivity (Wildman–Crippen MR) is 143 cm³/mol. The first kappa shape index (κ1) is 21.8. The van der Waals surface area contributed by atoms with Crippen molar-refractivity contribution >= 4 is 49.2 Å². The fourth-order valence-electron chi connectivity index (χ4n) is 4.64. The lowest BCUT2D eigenvalue weighted by Gasteiger charge is -2.33. The highest BCUT2D eigenvalue weighted by Crippen LogP contribution is 2.38. The van der Waals surface area contributed by atoms with E-state index in [0.717, 1.165) is 59.6 Å². The molecule has 0 spiro atoms. The van der Waals surface area contributed by atoms with E-state index in [9.17, 15) is 4.79 Å². The summed E-state index contributed by atoms with van der Waals surface area (Å²) in [5.41, 5.74) is 10.5. The molecule has 0 radical (unpaired) electrons. The van der Waals surface area contributed by atoms with Crippen LogP contribution >= 0.6 is 15.9 Å². The van der Waals surface area contributed by atoms with Crippen molar-refractivity contribution in [3.05, 3.63) is 63.6 Å². The van der Waals surface area contributed by atoms with E-state index in [4.69, 9.17) is 10.7 Å². The number of likely N-dealkylation sites (N-methyl/N-ethyl adjacent to an activating group) is 1. The van der Waals surface area contributed by atoms with Gasteiger partial charge >= 0.3 is 0 Å². The van der Waals surface area contributed by atoms with Crippen molar-refractivity contribution in [2.24, 2.45) is 0 Å². The molecular formula is C25H23BrN8O. The largest absolute Gasteiger partial charge is 0.398 e. The molecule has 0 bridgehead atoms. The molecule has 4 heterocycles. The Hall–Kier alpha value is -3.76. The maximum Gasteiger partial charge on any atom is 0.261 e. The molecule has 176 valence electrons. The highest BCUT2D eigenvalue weighted by atomic mass is 79.9. The highest BCUT2D eigenvalue weighted by Gasteiger charge is 2.19. The molecule has 0 saturated carbocycles. The molecule has 10 heteroatoms. The molecule has 6 rings (SSSR count). The topological polar surface area (TPSA) is 120 Å². The van der Waals surface area contributed by atoms with Gasteiger partial charge in [-0.15, -0.1) is 0 Å². The van der Waals surface area contributed by atoms with Gasteiger partial charge in [-0.05, 0) is 52.8 Å². The summed E-state index contributed by atoms with van der Waals surface area (Å²) in [6, 6.07) is 11.6. The van der Waals surface area contributed by atoms with Crippen molar-refractivity contribution in [1.29, 1.82) is 0 Å². The van der Waals surface area contributed by atoms with E-state index < -0.39 is 0 Å². The maximum absolute atomic E-state index is 13.3. The molecule has 1 aliphatic rings. The van der Waals surface area contributed by atoms with E-state index in [0.29, 0.717) is 26.9 Å². The van der Waals surface area contributed by atoms with E-state index in [-0.39, 0.29) is 5.56 Å². The van der Waals surface area contributed by atoms with Gasteiger partial charge in [0.1, 0.15) is 11.6 Å². The molecule has 0 unspecified atom stereocenters. The number of piperazine rings is 1. The Labute approximate surface area is 209 Å². The first-order chi connectivity index (χ1) is 17.0. The Balaban J connectivity index is 1.46. The molecule has 0 atom stereocenters. The number of nitrogens with zero attached hydrogens (tertiary/aromatic N) is 5. The molecule has 5 aromatic rings. The number of hydrogen-bond acceptors (Lipinski definition) is 7. The summed E-state index contributed by atoms with van der Waals surface area (Å²) in [6.45, 7) is 3.78. The third-order valence-electron chi connectivity index (χ3n) is 6.60. The standard InChI is InChI=1S/C25H23BrN8O/c1-33-7-9-34(10-8-33)20-11-14(5-6-28-20)24-30-23-18(26)12-16(22(27)21(23)25(35)31-24)15-3-2-4-19-17(15)13-29-32-19/h2-6,11-13H,7-10,27H2,1H3,(H,29,32)(H,30,31,35). The van der Waals surface area contributed by atoms with Crippen LogP contribution < -0.4 is 16.2 Å². The van der Waals surface area contributed by atoms with Crippen molar-refractivity contribution in [3.63, 3.8) is 0 Å². The number of hydrogen-bond donors (Lipinski definition) is 3. The Morgan fingerprint density at radius 1 is 1.09 bits per heavy atom. The van der Waals surface area contributed by atoms with E-state index >= 15 is 0 Å². The first-order valence-corrected chi connectivity index (χ1v) is 12.1. The lowest BCUT2D eigenvalue weighted by atomic mass is 9.98. The molecule has 1 fully saturated rings. The summed E-state index contributed by atoms with van der Waals surface area (Å²) in [7, 11) is 2.12. The monoisotopic (exact) mass is 530 g/mol. The number of nitrogens with two attached hydrogens (primary N) is 1. The number of nitrogen functional groups attached to an aromatic ring is 1. The van der Waals surface area contributed by atoms with Gasteiger partial charge in [0.05, 0.1) is 28.3 Å². The smallest absolute Gasteiger partial charge is 0.261 e. The second-order valence-corrected chi connectivity index (χ2v) is 9.64. The number of halogens is 1. The van der Waals surface area contributed by atoms with Gasteiger partial charge in [0.2, 0.25) is 0 Å². The number of aromatic nitrogens is 5. The van der Waals surface area contributed by atoms with Gasteiger partial charge in [-0.1, -0.05) is 12.1 Å². The van der Waals surface area contributed by atoms with E-state index in [1.807, 2.05) is 36.4 Å². The van der Waals surface area contributed by atoms with Crippen LogP contribution in [0.2, 0.25) is 0 Å². The number of H-pyrrole nitrogens is 2. The number of anilines is 2. The Morgan fingerprint density at radius 2 is 1.91 bits per heavy atom. The summed E-state index contributed by atoms with van der Waals surface area (Å²) in [4.78, 5) is 30.2. The number of pyridine rings is 1. The number of benzene rings is 2. The van der Waals surface area contributed by atoms with E-state index in [1.165, 1.54) is 0 Å². The number of rotatable bonds is 3. The summed E-state index contributed by atoms with van der Waals surface area (Å²) in [6.07, 6.45) is 3.51. The lowest BCUT2D eigenvalue weighted by molar-refractivity contribution is 0.312. The van der Waals surface area contributed by atoms with Crippen molar-refractivity contribution < 1.29 is 0 Å². The summed E-state index contributed by atoms with van der Waals surface area (Å²) in [5.74, 6) is 1.35. The van der Waals surface area contributed by atoms with Crippen molar-refractivity contribution in [1.82, 2.24) is 30.0 Å². The Kier molecular flexibility index (Phi) is 5.27. The SMILES string of the molecule is CN1CCN(c2cc(-c3nc4c(Br)cc(-c5cccc6[nH]ncc56)c(N)c4c(=O)[nH]3)ccn2)CC1. The zero-order valence-electron chi connectivity index (χ0n) is 19.0. The average molecular weight is 531 g/mol. The fraction of sp³-hybridized carbons (Fsp3) is 0.200. The van der Waals surface area contributed by atoms with Gasteiger partial charge in [-0.25, -0.2) is 9.97 Å². The normalized spacial score (nSPS) is 14.7. The van der Waals surface area contributed by atoms with Gasteiger partial charge in [0.25, 0.3) is 5.56 Å². The fourth-order valence-corrected chi connectivity index (χ4v) is 5.16. The summed E-state index contributed by atoms with van der Waals surface area (Å²) in [5, 5.41) is 8.40. The second-order valence-electron chi connectivity index (χ2n) is 8.79. The predicted octanol–water partition coefficient (Wildman–Crippen LogP) is 3.62. The summed E-state index contributed by atoms with van der Waals surface area (Å²) < 4.78 is 0.692. The van der Waals surface area contributed by atoms with Crippen LogP contribution in [0, 0.1) is 0 Å². The van der Waals surface area contributed by atoms with Crippen LogP contribution in [0.3, 0.4) is 0 Å². The van der Waals surface area contributed by atoms with Crippen molar-refractivity contribution in [3.8, 4) is 22.5 Å². The molecule has 2 aromatic carbocycles. The lowest BCUT2D eigenvalue weighted by Crippen LogP contribution is -2.44. The Bertz CT molecular complexity index is 1630. The zero-order valence-corrected chi connectivity index (χ0v) is 20.6. The quantitative estimate of drug-likeness (QED) is 0.304. The molecule has 0 aliphatic carbocycles. The Morgan fingerprint density at radius 3 is 2.74 bits per heavy atom. The van der Waals surface area contributed by atoms with Gasteiger partial charge in [-0.2, -0.15) is 5.10 Å². The van der Waals surface area contributed by atoms with Crippen molar-refractivity contribution in [2.45, 2.75) is 0 Å². The van der Waals surface area contributed by atoms with Crippen LogP contribution in [0.25, 0.3) is 44.3 Å². The van der Waals surface area contributed by atoms with E-state index in [2.05, 4.69) is 52.9 Å². The third-order valence-corrected chi connectivity index (χ3v) is 7.20. The van der Waals surface area contributed by atoms with Crippen LogP contribution in [0.4, 0.5) is 11.5 Å². The van der Waals surface area contributed by atoms with Crippen molar-refractivity contribution in [2.75, 3.05) is 43.9 Å². The number of nitrogens with one attached hydrogen (secondary N) is 2. The van der Waals surface area contributed by atoms with Crippen LogP contribution in [0.15, 0.2) is 58.1 Å². The minimum atomic E-state index is -0.289. The molecule has 9 nitrogen and oxygen atoms in total. The van der Waals surface area contributed by atoms with Crippen LogP contribution in [-0.2, 0) is 0 Å². The first-order valence-electron chi connectivity index (χ1n) is 11.3. The molecule has 4 N–H and O–H groups in total. The highest BCUT2D eigenvalue weighted by molar-refractivity contribution is 9.10. The third kappa shape index (κ3) is 3.75. The molecule has 1 aliphatic heterocycles. The van der Waals surface area contributed by atoms with Gasteiger partial charge < -0.3 is 20.5 Å². The maximum atomic E-state index is 13.3. The minimum absolute atomic E-state index is 0.289. The van der Waals surface area contributed by atoms with Crippen LogP contribution in [0.5, 0.6) is 0 Å². The zero-order chi connectivity index (χ0) is 24.1. The van der Waals surface area contributed by atoms with Crippen LogP contribution in [-0.4, -0.2) is 63.3 Å². The van der Waals surface area contributed by atoms with Gasteiger partial charge in [0.15, 0.2) is 0 Å². The molecule has 0 amide bonds. The second kappa shape index (κ2) is 8.47. The van der Waals surface area contributed by atoms with Gasteiger partial charge in [-0.3, -0.25) is 9.89 Å². The van der Waals surface area contributed by atoms with Crippen LogP contribution in [0.1, 0.15) is 0 Å². The molecular weight excluding hydrogens is 508 g/mol. The number of aromatic amines is 2. The minimum Gasteiger partial charge on any atom is -0.398 e. The molecule has 1 saturated heterocycles. The summed E-state index contributed by atoms with van der Waals surface area (Å²) >= 11 is 3.64. The van der Waals surface area contributed by atoms with Gasteiger partial charge in [0, 0.05) is 53.4 Å². The average Bonchev–Trinajstić information content (AvgIpc) is 3.36.